The number of hydrogen-bond donors (Lipinski definition) is 2. The maximum atomic E-state index is 8.65. The Bertz CT molecular complexity index is 315. The minimum Gasteiger partial charge on any atom is -0.497 e. The molecule has 1 aromatic rings. The number of nitrogens with one attached hydrogen (secondary N) is 1. The SMILES string of the molecule is COc1cccc(CCNCCCCCCO)c1. The van der Waals surface area contributed by atoms with E-state index in [0.717, 1.165) is 38.1 Å². The van der Waals surface area contributed by atoms with Crippen LogP contribution in [0, 0.1) is 0 Å². The molecule has 3 nitrogen and oxygen atoms in total. The molecule has 1 rings (SSSR count). The third-order valence-corrected chi connectivity index (χ3v) is 2.99. The van der Waals surface area contributed by atoms with Gasteiger partial charge in [0, 0.05) is 6.61 Å². The summed E-state index contributed by atoms with van der Waals surface area (Å²) in [7, 11) is 1.70. The van der Waals surface area contributed by atoms with Gasteiger partial charge in [-0.25, -0.2) is 0 Å². The monoisotopic (exact) mass is 251 g/mol. The Morgan fingerprint density at radius 2 is 1.94 bits per heavy atom. The molecule has 0 bridgehead atoms. The third-order valence-electron chi connectivity index (χ3n) is 2.99. The van der Waals surface area contributed by atoms with Crippen LogP contribution < -0.4 is 10.1 Å². The van der Waals surface area contributed by atoms with Gasteiger partial charge >= 0.3 is 0 Å². The van der Waals surface area contributed by atoms with Crippen LogP contribution >= 0.6 is 0 Å². The fourth-order valence-electron chi connectivity index (χ4n) is 1.90. The minimum atomic E-state index is 0.323. The lowest BCUT2D eigenvalue weighted by Crippen LogP contribution is -2.18. The van der Waals surface area contributed by atoms with Crippen LogP contribution in [0.5, 0.6) is 5.75 Å². The Morgan fingerprint density at radius 3 is 2.72 bits per heavy atom. The predicted octanol–water partition coefficient (Wildman–Crippen LogP) is 2.38. The van der Waals surface area contributed by atoms with Crippen molar-refractivity contribution >= 4 is 0 Å². The third kappa shape index (κ3) is 6.62. The van der Waals surface area contributed by atoms with Crippen LogP contribution in [0.1, 0.15) is 31.2 Å². The van der Waals surface area contributed by atoms with Crippen molar-refractivity contribution in [3.8, 4) is 5.75 Å². The van der Waals surface area contributed by atoms with E-state index >= 15 is 0 Å². The van der Waals surface area contributed by atoms with E-state index in [4.69, 9.17) is 9.84 Å². The van der Waals surface area contributed by atoms with Crippen LogP contribution in [0.3, 0.4) is 0 Å². The van der Waals surface area contributed by atoms with Gasteiger partial charge in [-0.3, -0.25) is 0 Å². The Kier molecular flexibility index (Phi) is 8.26. The molecule has 3 heteroatoms. The number of aliphatic hydroxyl groups excluding tert-OH is 1. The molecular weight excluding hydrogens is 226 g/mol. The zero-order valence-corrected chi connectivity index (χ0v) is 11.3. The highest BCUT2D eigenvalue weighted by Gasteiger charge is 1.96. The van der Waals surface area contributed by atoms with E-state index in [1.807, 2.05) is 12.1 Å². The Hall–Kier alpha value is -1.06. The summed E-state index contributed by atoms with van der Waals surface area (Å²) in [5, 5.41) is 12.1. The van der Waals surface area contributed by atoms with E-state index in [-0.39, 0.29) is 0 Å². The first-order chi connectivity index (χ1) is 8.86. The Balaban J connectivity index is 2.03. The van der Waals surface area contributed by atoms with Gasteiger partial charge in [0.15, 0.2) is 0 Å². The summed E-state index contributed by atoms with van der Waals surface area (Å²) in [5.41, 5.74) is 1.31. The summed E-state index contributed by atoms with van der Waals surface area (Å²) in [6.07, 6.45) is 5.50. The van der Waals surface area contributed by atoms with E-state index in [0.29, 0.717) is 6.61 Å². The van der Waals surface area contributed by atoms with Crippen LogP contribution in [0.25, 0.3) is 0 Å². The average molecular weight is 251 g/mol. The summed E-state index contributed by atoms with van der Waals surface area (Å²) < 4.78 is 5.20. The second-order valence-corrected chi connectivity index (χ2v) is 4.49. The van der Waals surface area contributed by atoms with Crippen molar-refractivity contribution < 1.29 is 9.84 Å². The lowest BCUT2D eigenvalue weighted by Gasteiger charge is -2.06. The van der Waals surface area contributed by atoms with Gasteiger partial charge in [-0.05, 0) is 50.0 Å². The number of aliphatic hydroxyl groups is 1. The molecule has 0 aliphatic rings. The van der Waals surface area contributed by atoms with Gasteiger partial charge in [0.25, 0.3) is 0 Å². The van der Waals surface area contributed by atoms with Crippen molar-refractivity contribution in [2.24, 2.45) is 0 Å². The molecule has 0 saturated heterocycles. The fraction of sp³-hybridized carbons (Fsp3) is 0.600. The van der Waals surface area contributed by atoms with Gasteiger partial charge < -0.3 is 15.2 Å². The maximum Gasteiger partial charge on any atom is 0.119 e. The van der Waals surface area contributed by atoms with Crippen LogP contribution in [-0.4, -0.2) is 31.9 Å². The molecule has 0 aliphatic carbocycles. The second kappa shape index (κ2) is 9.92. The van der Waals surface area contributed by atoms with E-state index < -0.39 is 0 Å². The summed E-state index contributed by atoms with van der Waals surface area (Å²) >= 11 is 0. The van der Waals surface area contributed by atoms with Crippen molar-refractivity contribution in [1.29, 1.82) is 0 Å². The summed E-state index contributed by atoms with van der Waals surface area (Å²) in [5.74, 6) is 0.927. The molecule has 2 N–H and O–H groups in total. The molecule has 18 heavy (non-hydrogen) atoms. The number of ether oxygens (including phenoxy) is 1. The van der Waals surface area contributed by atoms with Crippen molar-refractivity contribution in [2.75, 3.05) is 26.8 Å². The molecule has 0 spiro atoms. The van der Waals surface area contributed by atoms with Crippen LogP contribution in [0.15, 0.2) is 24.3 Å². The first-order valence-electron chi connectivity index (χ1n) is 6.81. The molecule has 0 aromatic heterocycles. The van der Waals surface area contributed by atoms with Gasteiger partial charge in [0.05, 0.1) is 7.11 Å². The molecule has 1 aromatic carbocycles. The number of benzene rings is 1. The van der Waals surface area contributed by atoms with Gasteiger partial charge in [0.1, 0.15) is 5.75 Å². The molecule has 0 unspecified atom stereocenters. The van der Waals surface area contributed by atoms with Crippen LogP contribution in [0.4, 0.5) is 0 Å². The minimum absolute atomic E-state index is 0.323. The predicted molar refractivity (Wildman–Crippen MR) is 75.1 cm³/mol. The van der Waals surface area contributed by atoms with Gasteiger partial charge in [-0.2, -0.15) is 0 Å². The van der Waals surface area contributed by atoms with Gasteiger partial charge in [-0.1, -0.05) is 25.0 Å². The molecule has 0 radical (unpaired) electrons. The standard InChI is InChI=1S/C15H25NO2/c1-18-15-8-6-7-14(13-15)9-11-16-10-4-2-3-5-12-17/h6-8,13,16-17H,2-5,9-12H2,1H3. The van der Waals surface area contributed by atoms with E-state index in [2.05, 4.69) is 17.4 Å². The first-order valence-corrected chi connectivity index (χ1v) is 6.81. The number of unbranched alkanes of at least 4 members (excludes halogenated alkanes) is 3. The van der Waals surface area contributed by atoms with Gasteiger partial charge in [-0.15, -0.1) is 0 Å². The Labute approximate surface area is 110 Å². The smallest absolute Gasteiger partial charge is 0.119 e. The zero-order valence-electron chi connectivity index (χ0n) is 11.3. The molecule has 102 valence electrons. The highest BCUT2D eigenvalue weighted by atomic mass is 16.5. The highest BCUT2D eigenvalue weighted by Crippen LogP contribution is 2.12. The zero-order chi connectivity index (χ0) is 13.1. The molecule has 0 heterocycles. The van der Waals surface area contributed by atoms with E-state index in [1.165, 1.54) is 18.4 Å². The number of methoxy groups -OCH3 is 1. The topological polar surface area (TPSA) is 41.5 Å². The fourth-order valence-corrected chi connectivity index (χ4v) is 1.90. The van der Waals surface area contributed by atoms with Crippen LogP contribution in [0.2, 0.25) is 0 Å². The summed E-state index contributed by atoms with van der Waals surface area (Å²) in [4.78, 5) is 0. The number of hydrogen-bond acceptors (Lipinski definition) is 3. The first kappa shape index (κ1) is 15.0. The molecule has 0 amide bonds. The van der Waals surface area contributed by atoms with Crippen LogP contribution in [-0.2, 0) is 6.42 Å². The number of rotatable bonds is 10. The quantitative estimate of drug-likeness (QED) is 0.627. The Morgan fingerprint density at radius 1 is 1.11 bits per heavy atom. The highest BCUT2D eigenvalue weighted by molar-refractivity contribution is 5.28. The van der Waals surface area contributed by atoms with Crippen molar-refractivity contribution in [3.63, 3.8) is 0 Å². The van der Waals surface area contributed by atoms with Crippen molar-refractivity contribution in [3.05, 3.63) is 29.8 Å². The summed E-state index contributed by atoms with van der Waals surface area (Å²) in [6.45, 7) is 2.39. The van der Waals surface area contributed by atoms with Crippen molar-refractivity contribution in [2.45, 2.75) is 32.1 Å². The summed E-state index contributed by atoms with van der Waals surface area (Å²) in [6, 6.07) is 8.22. The van der Waals surface area contributed by atoms with Gasteiger partial charge in [0.2, 0.25) is 0 Å². The average Bonchev–Trinajstić information content (AvgIpc) is 2.42. The largest absolute Gasteiger partial charge is 0.497 e. The molecular formula is C15H25NO2. The molecule has 0 atom stereocenters. The molecule has 0 aliphatic heterocycles. The second-order valence-electron chi connectivity index (χ2n) is 4.49. The van der Waals surface area contributed by atoms with E-state index in [9.17, 15) is 0 Å². The van der Waals surface area contributed by atoms with Crippen molar-refractivity contribution in [1.82, 2.24) is 5.32 Å². The van der Waals surface area contributed by atoms with E-state index in [1.54, 1.807) is 7.11 Å². The normalized spacial score (nSPS) is 10.6. The maximum absolute atomic E-state index is 8.65. The molecule has 0 fully saturated rings. The molecule has 0 saturated carbocycles. The lowest BCUT2D eigenvalue weighted by molar-refractivity contribution is 0.282. The lowest BCUT2D eigenvalue weighted by atomic mass is 10.1.